The summed E-state index contributed by atoms with van der Waals surface area (Å²) in [4.78, 5) is 2.94. The fraction of sp³-hybridized carbons (Fsp3) is 0.769. The van der Waals surface area contributed by atoms with Crippen LogP contribution in [0.15, 0.2) is 0 Å². The van der Waals surface area contributed by atoms with E-state index in [2.05, 4.69) is 17.1 Å². The molecule has 0 aromatic rings. The van der Waals surface area contributed by atoms with Crippen LogP contribution in [0.2, 0.25) is 0 Å². The van der Waals surface area contributed by atoms with Crippen LogP contribution in [0, 0.1) is 39.4 Å². The van der Waals surface area contributed by atoms with E-state index in [0.29, 0.717) is 12.4 Å². The molecule has 6 heteroatoms. The molecule has 5 atom stereocenters. The molecule has 2 aliphatic heterocycles. The van der Waals surface area contributed by atoms with Crippen LogP contribution in [0.25, 0.3) is 0 Å². The minimum atomic E-state index is -1.25. The second-order valence-corrected chi connectivity index (χ2v) is 5.58. The molecule has 0 unspecified atom stereocenters. The second-order valence-electron chi connectivity index (χ2n) is 5.58. The number of nitrogens with zero attached hydrogens (tertiary/aromatic N) is 2. The van der Waals surface area contributed by atoms with Gasteiger partial charge in [-0.2, -0.15) is 10.5 Å². The number of hydrogen-bond donors (Lipinski definition) is 2. The monoisotopic (exact) mass is 261 g/mol. The maximum atomic E-state index is 9.72. The number of nitrogens with two attached hydrogens (primary N) is 1. The number of hydrogen-bond acceptors (Lipinski definition) is 5. The summed E-state index contributed by atoms with van der Waals surface area (Å²) in [5.41, 5.74) is 4.01. The van der Waals surface area contributed by atoms with Gasteiger partial charge in [0, 0.05) is 5.92 Å². The van der Waals surface area contributed by atoms with Crippen LogP contribution in [0.3, 0.4) is 0 Å². The molecule has 6 nitrogen and oxygen atoms in total. The highest BCUT2D eigenvalue weighted by Gasteiger charge is 2.96. The molecule has 3 rings (SSSR count). The van der Waals surface area contributed by atoms with E-state index < -0.39 is 16.7 Å². The predicted molar refractivity (Wildman–Crippen MR) is 63.9 cm³/mol. The van der Waals surface area contributed by atoms with Crippen molar-refractivity contribution in [2.45, 2.75) is 38.7 Å². The Morgan fingerprint density at radius 1 is 1.47 bits per heavy atom. The van der Waals surface area contributed by atoms with E-state index >= 15 is 0 Å². The van der Waals surface area contributed by atoms with Gasteiger partial charge in [-0.3, -0.25) is 5.73 Å². The van der Waals surface area contributed by atoms with Crippen molar-refractivity contribution in [3.63, 3.8) is 0 Å². The number of nitriles is 2. The fourth-order valence-corrected chi connectivity index (χ4v) is 3.86. The van der Waals surface area contributed by atoms with Crippen molar-refractivity contribution in [3.05, 3.63) is 0 Å². The third-order valence-corrected chi connectivity index (χ3v) is 4.65. The van der Waals surface area contributed by atoms with Crippen molar-refractivity contribution in [1.29, 1.82) is 10.5 Å². The maximum Gasteiger partial charge on any atom is 0.343 e. The predicted octanol–water partition coefficient (Wildman–Crippen LogP) is -1.02. The molecule has 3 N–H and O–H groups in total. The van der Waals surface area contributed by atoms with Crippen LogP contribution in [0.1, 0.15) is 26.7 Å². The molecule has 0 bridgehead atoms. The molecular weight excluding hydrogens is 244 g/mol. The van der Waals surface area contributed by atoms with Gasteiger partial charge in [0.05, 0.1) is 24.8 Å². The lowest BCUT2D eigenvalue weighted by molar-refractivity contribution is -0.678. The van der Waals surface area contributed by atoms with Crippen LogP contribution in [0.5, 0.6) is 0 Å². The topological polar surface area (TPSA) is 106 Å². The molecule has 1 saturated carbocycles. The molecule has 1 aliphatic carbocycles. The van der Waals surface area contributed by atoms with Gasteiger partial charge >= 0.3 is 5.91 Å². The van der Waals surface area contributed by atoms with Crippen molar-refractivity contribution in [2.75, 3.05) is 6.61 Å². The second kappa shape index (κ2) is 3.47. The highest BCUT2D eigenvalue weighted by molar-refractivity contribution is 5.93. The SMILES string of the molecule is CCC[C@H]1[C@@]2(C#N)[C@@]3([NH+]=C(N)[C@@]12C#N)OC[C@H](C)O3. The van der Waals surface area contributed by atoms with Gasteiger partial charge in [0.1, 0.15) is 0 Å². The zero-order chi connectivity index (χ0) is 13.9. The first-order valence-electron chi connectivity index (χ1n) is 6.60. The van der Waals surface area contributed by atoms with Gasteiger partial charge in [-0.05, 0) is 13.3 Å². The van der Waals surface area contributed by atoms with Crippen molar-refractivity contribution in [1.82, 2.24) is 0 Å². The summed E-state index contributed by atoms with van der Waals surface area (Å²) in [6.45, 7) is 4.30. The van der Waals surface area contributed by atoms with E-state index in [1.54, 1.807) is 0 Å². The van der Waals surface area contributed by atoms with Crippen molar-refractivity contribution in [2.24, 2.45) is 22.5 Å². The molecule has 2 heterocycles. The number of fused-ring (bicyclic) bond motifs is 2. The lowest BCUT2D eigenvalue weighted by Gasteiger charge is -2.23. The maximum absolute atomic E-state index is 9.72. The molecule has 0 amide bonds. The molecule has 0 aromatic carbocycles. The molecular formula is C13H17N4O2+. The van der Waals surface area contributed by atoms with Crippen LogP contribution in [-0.2, 0) is 9.47 Å². The van der Waals surface area contributed by atoms with E-state index in [9.17, 15) is 10.5 Å². The van der Waals surface area contributed by atoms with E-state index in [0.717, 1.165) is 12.8 Å². The quantitative estimate of drug-likeness (QED) is 0.661. The molecule has 0 radical (unpaired) electrons. The molecule has 19 heavy (non-hydrogen) atoms. The summed E-state index contributed by atoms with van der Waals surface area (Å²) < 4.78 is 11.6. The summed E-state index contributed by atoms with van der Waals surface area (Å²) in [5.74, 6) is -1.07. The lowest BCUT2D eigenvalue weighted by atomic mass is 9.94. The number of ether oxygens (including phenoxy) is 2. The van der Waals surface area contributed by atoms with Crippen molar-refractivity contribution >= 4 is 5.84 Å². The van der Waals surface area contributed by atoms with E-state index in [1.165, 1.54) is 0 Å². The Morgan fingerprint density at radius 2 is 2.21 bits per heavy atom. The molecule has 1 saturated heterocycles. The first-order chi connectivity index (χ1) is 9.04. The third-order valence-electron chi connectivity index (χ3n) is 4.65. The van der Waals surface area contributed by atoms with Gasteiger partial charge < -0.3 is 9.47 Å². The largest absolute Gasteiger partial charge is 0.343 e. The Labute approximate surface area is 111 Å². The molecule has 2 fully saturated rings. The Balaban J connectivity index is 2.13. The summed E-state index contributed by atoms with van der Waals surface area (Å²) in [6, 6.07) is 4.54. The fourth-order valence-electron chi connectivity index (χ4n) is 3.86. The van der Waals surface area contributed by atoms with Crippen molar-refractivity contribution in [3.8, 4) is 12.1 Å². The summed E-state index contributed by atoms with van der Waals surface area (Å²) >= 11 is 0. The highest BCUT2D eigenvalue weighted by Crippen LogP contribution is 2.76. The average molecular weight is 261 g/mol. The standard InChI is InChI=1S/C13H16N4O2/c1-3-4-9-11(6-14)10(16)17-13(12(9,11)7-15)18-5-8(2)19-13/h8-9H,3-5H2,1-2H3,(H2,16,17)/p+1/t8-,9+,11+,12+,13+/m0/s1. The Bertz CT molecular complexity index is 548. The smallest absolute Gasteiger partial charge is 0.311 e. The minimum absolute atomic E-state index is 0.122. The zero-order valence-electron chi connectivity index (χ0n) is 11.1. The van der Waals surface area contributed by atoms with Crippen LogP contribution < -0.4 is 10.7 Å². The number of amidine groups is 1. The van der Waals surface area contributed by atoms with Gasteiger partial charge in [0.25, 0.3) is 5.84 Å². The van der Waals surface area contributed by atoms with Crippen molar-refractivity contribution < 1.29 is 14.5 Å². The van der Waals surface area contributed by atoms with Crippen LogP contribution in [-0.4, -0.2) is 24.5 Å². The number of rotatable bonds is 2. The van der Waals surface area contributed by atoms with Gasteiger partial charge in [-0.15, -0.1) is 0 Å². The van der Waals surface area contributed by atoms with E-state index in [1.807, 2.05) is 13.8 Å². The first-order valence-corrected chi connectivity index (χ1v) is 6.60. The van der Waals surface area contributed by atoms with E-state index in [4.69, 9.17) is 15.2 Å². The summed E-state index contributed by atoms with van der Waals surface area (Å²) in [7, 11) is 0. The summed E-state index contributed by atoms with van der Waals surface area (Å²) in [6.07, 6.45) is 1.52. The zero-order valence-corrected chi connectivity index (χ0v) is 11.1. The van der Waals surface area contributed by atoms with E-state index in [-0.39, 0.29) is 12.0 Å². The van der Waals surface area contributed by atoms with Gasteiger partial charge in [-0.1, -0.05) is 13.3 Å². The third kappa shape index (κ3) is 1.03. The number of nitrogens with one attached hydrogen (secondary N) is 1. The van der Waals surface area contributed by atoms with Gasteiger partial charge in [0.2, 0.25) is 0 Å². The highest BCUT2D eigenvalue weighted by atomic mass is 16.8. The minimum Gasteiger partial charge on any atom is -0.311 e. The Hall–Kier alpha value is -1.63. The average Bonchev–Trinajstić information content (AvgIpc) is 2.70. The molecule has 3 aliphatic rings. The molecule has 0 aromatic heterocycles. The Morgan fingerprint density at radius 3 is 2.68 bits per heavy atom. The lowest BCUT2D eigenvalue weighted by Crippen LogP contribution is -2.90. The Kier molecular flexibility index (Phi) is 2.27. The summed E-state index contributed by atoms with van der Waals surface area (Å²) in [5, 5.41) is 19.3. The van der Waals surface area contributed by atoms with Gasteiger partial charge in [0.15, 0.2) is 10.8 Å². The van der Waals surface area contributed by atoms with Crippen LogP contribution >= 0.6 is 0 Å². The molecule has 100 valence electrons. The van der Waals surface area contributed by atoms with Gasteiger partial charge in [-0.25, -0.2) is 4.99 Å². The molecule has 1 spiro atoms. The normalized spacial score (nSPS) is 50.4. The van der Waals surface area contributed by atoms with Crippen LogP contribution in [0.4, 0.5) is 0 Å². The first kappa shape index (κ1) is 12.4.